The molecule has 0 saturated heterocycles. The summed E-state index contributed by atoms with van der Waals surface area (Å²) in [5, 5.41) is 3.53. The van der Waals surface area contributed by atoms with Crippen molar-refractivity contribution in [3.8, 4) is 0 Å². The lowest BCUT2D eigenvalue weighted by atomic mass is 10.4. The summed E-state index contributed by atoms with van der Waals surface area (Å²) < 4.78 is 2.37. The molecule has 1 saturated carbocycles. The van der Waals surface area contributed by atoms with Gasteiger partial charge in [-0.15, -0.1) is 0 Å². The summed E-state index contributed by atoms with van der Waals surface area (Å²) in [7, 11) is 0. The SMILES string of the molecule is Cc1ccc(C)n1CCNC1CC1. The van der Waals surface area contributed by atoms with Crippen LogP contribution in [-0.4, -0.2) is 17.2 Å². The Kier molecular flexibility index (Phi) is 2.40. The highest BCUT2D eigenvalue weighted by Crippen LogP contribution is 2.18. The summed E-state index contributed by atoms with van der Waals surface area (Å²) in [6.45, 7) is 6.57. The molecule has 1 fully saturated rings. The first kappa shape index (κ1) is 8.82. The third kappa shape index (κ3) is 2.13. The van der Waals surface area contributed by atoms with E-state index in [1.807, 2.05) is 0 Å². The fourth-order valence-corrected chi connectivity index (χ4v) is 1.72. The minimum atomic E-state index is 0.830. The third-order valence-corrected chi connectivity index (χ3v) is 2.76. The minimum absolute atomic E-state index is 0.830. The zero-order chi connectivity index (χ0) is 9.26. The smallest absolute Gasteiger partial charge is 0.0349 e. The van der Waals surface area contributed by atoms with Crippen LogP contribution in [0.3, 0.4) is 0 Å². The van der Waals surface area contributed by atoms with Gasteiger partial charge in [0.15, 0.2) is 0 Å². The standard InChI is InChI=1S/C11H18N2/c1-9-3-4-10(2)13(9)8-7-12-11-5-6-11/h3-4,11-12H,5-8H2,1-2H3. The topological polar surface area (TPSA) is 17.0 Å². The van der Waals surface area contributed by atoms with Gasteiger partial charge < -0.3 is 9.88 Å². The molecule has 0 spiro atoms. The van der Waals surface area contributed by atoms with Gasteiger partial charge in [0.25, 0.3) is 0 Å². The summed E-state index contributed by atoms with van der Waals surface area (Å²) in [4.78, 5) is 0. The Hall–Kier alpha value is -0.760. The average molecular weight is 178 g/mol. The number of aryl methyl sites for hydroxylation is 2. The molecule has 2 nitrogen and oxygen atoms in total. The van der Waals surface area contributed by atoms with Crippen LogP contribution in [0.1, 0.15) is 24.2 Å². The van der Waals surface area contributed by atoms with E-state index in [0.29, 0.717) is 0 Å². The van der Waals surface area contributed by atoms with Crippen molar-refractivity contribution in [3.05, 3.63) is 23.5 Å². The van der Waals surface area contributed by atoms with Crippen molar-refractivity contribution in [1.82, 2.24) is 9.88 Å². The molecule has 0 aliphatic heterocycles. The summed E-state index contributed by atoms with van der Waals surface area (Å²) >= 11 is 0. The number of hydrogen-bond acceptors (Lipinski definition) is 1. The van der Waals surface area contributed by atoms with Crippen molar-refractivity contribution in [2.45, 2.75) is 39.3 Å². The highest BCUT2D eigenvalue weighted by molar-refractivity contribution is 5.13. The molecule has 0 radical (unpaired) electrons. The molecule has 1 aromatic heterocycles. The lowest BCUT2D eigenvalue weighted by molar-refractivity contribution is 0.580. The lowest BCUT2D eigenvalue weighted by Crippen LogP contribution is -2.22. The van der Waals surface area contributed by atoms with Gasteiger partial charge in [-0.2, -0.15) is 0 Å². The predicted molar refractivity (Wildman–Crippen MR) is 54.9 cm³/mol. The Labute approximate surface area is 79.9 Å². The monoisotopic (exact) mass is 178 g/mol. The Bertz CT molecular complexity index is 265. The van der Waals surface area contributed by atoms with E-state index >= 15 is 0 Å². The van der Waals surface area contributed by atoms with Crippen molar-refractivity contribution in [2.24, 2.45) is 0 Å². The molecule has 0 atom stereocenters. The van der Waals surface area contributed by atoms with Gasteiger partial charge in [0.2, 0.25) is 0 Å². The number of aromatic nitrogens is 1. The van der Waals surface area contributed by atoms with Crippen LogP contribution in [0.4, 0.5) is 0 Å². The Morgan fingerprint density at radius 3 is 2.46 bits per heavy atom. The average Bonchev–Trinajstić information content (AvgIpc) is 2.86. The van der Waals surface area contributed by atoms with Crippen LogP contribution in [0.2, 0.25) is 0 Å². The molecule has 0 aromatic carbocycles. The Morgan fingerprint density at radius 1 is 1.31 bits per heavy atom. The summed E-state index contributed by atoms with van der Waals surface area (Å²) in [6, 6.07) is 5.20. The van der Waals surface area contributed by atoms with Crippen LogP contribution in [-0.2, 0) is 6.54 Å². The third-order valence-electron chi connectivity index (χ3n) is 2.76. The van der Waals surface area contributed by atoms with E-state index in [9.17, 15) is 0 Å². The molecule has 1 aliphatic carbocycles. The van der Waals surface area contributed by atoms with Crippen LogP contribution in [0.5, 0.6) is 0 Å². The summed E-state index contributed by atoms with van der Waals surface area (Å²) in [5.41, 5.74) is 2.74. The molecule has 0 bridgehead atoms. The minimum Gasteiger partial charge on any atom is -0.348 e. The number of nitrogens with one attached hydrogen (secondary N) is 1. The van der Waals surface area contributed by atoms with E-state index < -0.39 is 0 Å². The maximum absolute atomic E-state index is 3.53. The molecule has 1 heterocycles. The second-order valence-corrected chi connectivity index (χ2v) is 4.00. The van der Waals surface area contributed by atoms with E-state index in [4.69, 9.17) is 0 Å². The predicted octanol–water partition coefficient (Wildman–Crippen LogP) is 1.86. The van der Waals surface area contributed by atoms with Crippen LogP contribution in [0.25, 0.3) is 0 Å². The Balaban J connectivity index is 1.84. The second-order valence-electron chi connectivity index (χ2n) is 4.00. The molecule has 13 heavy (non-hydrogen) atoms. The number of rotatable bonds is 4. The maximum Gasteiger partial charge on any atom is 0.0349 e. The van der Waals surface area contributed by atoms with Crippen LogP contribution < -0.4 is 5.32 Å². The molecular weight excluding hydrogens is 160 g/mol. The van der Waals surface area contributed by atoms with E-state index in [-0.39, 0.29) is 0 Å². The van der Waals surface area contributed by atoms with Gasteiger partial charge in [-0.05, 0) is 38.8 Å². The molecule has 72 valence electrons. The van der Waals surface area contributed by atoms with Gasteiger partial charge in [0.1, 0.15) is 0 Å². The summed E-state index contributed by atoms with van der Waals surface area (Å²) in [5.74, 6) is 0. The van der Waals surface area contributed by atoms with Gasteiger partial charge in [-0.25, -0.2) is 0 Å². The van der Waals surface area contributed by atoms with Gasteiger partial charge in [-0.3, -0.25) is 0 Å². The van der Waals surface area contributed by atoms with Crippen molar-refractivity contribution in [1.29, 1.82) is 0 Å². The van der Waals surface area contributed by atoms with Gasteiger partial charge in [0, 0.05) is 30.5 Å². The zero-order valence-corrected chi connectivity index (χ0v) is 8.51. The molecule has 1 aliphatic rings. The molecular formula is C11H18N2. The maximum atomic E-state index is 3.53. The number of nitrogens with zero attached hydrogens (tertiary/aromatic N) is 1. The van der Waals surface area contributed by atoms with Crippen LogP contribution in [0.15, 0.2) is 12.1 Å². The van der Waals surface area contributed by atoms with Crippen molar-refractivity contribution >= 4 is 0 Å². The van der Waals surface area contributed by atoms with Crippen molar-refractivity contribution in [2.75, 3.05) is 6.54 Å². The first-order chi connectivity index (χ1) is 6.27. The second kappa shape index (κ2) is 3.54. The van der Waals surface area contributed by atoms with Gasteiger partial charge in [0.05, 0.1) is 0 Å². The fourth-order valence-electron chi connectivity index (χ4n) is 1.72. The van der Waals surface area contributed by atoms with E-state index in [2.05, 4.69) is 35.9 Å². The van der Waals surface area contributed by atoms with Crippen molar-refractivity contribution in [3.63, 3.8) is 0 Å². The molecule has 1 N–H and O–H groups in total. The quantitative estimate of drug-likeness (QED) is 0.744. The zero-order valence-electron chi connectivity index (χ0n) is 8.51. The van der Waals surface area contributed by atoms with Crippen LogP contribution >= 0.6 is 0 Å². The molecule has 0 unspecified atom stereocenters. The Morgan fingerprint density at radius 2 is 1.92 bits per heavy atom. The number of hydrogen-bond donors (Lipinski definition) is 1. The first-order valence-electron chi connectivity index (χ1n) is 5.13. The van der Waals surface area contributed by atoms with Crippen LogP contribution in [0, 0.1) is 13.8 Å². The highest BCUT2D eigenvalue weighted by atomic mass is 15.0. The lowest BCUT2D eigenvalue weighted by Gasteiger charge is -2.09. The molecule has 2 rings (SSSR count). The molecule has 0 amide bonds. The van der Waals surface area contributed by atoms with E-state index in [0.717, 1.165) is 19.1 Å². The largest absolute Gasteiger partial charge is 0.348 e. The van der Waals surface area contributed by atoms with E-state index in [1.54, 1.807) is 0 Å². The first-order valence-corrected chi connectivity index (χ1v) is 5.13. The molecule has 2 heteroatoms. The van der Waals surface area contributed by atoms with Gasteiger partial charge >= 0.3 is 0 Å². The highest BCUT2D eigenvalue weighted by Gasteiger charge is 2.19. The molecule has 1 aromatic rings. The van der Waals surface area contributed by atoms with Crippen molar-refractivity contribution < 1.29 is 0 Å². The summed E-state index contributed by atoms with van der Waals surface area (Å²) in [6.07, 6.45) is 2.76. The normalized spacial score (nSPS) is 16.5. The van der Waals surface area contributed by atoms with Gasteiger partial charge in [-0.1, -0.05) is 0 Å². The fraction of sp³-hybridized carbons (Fsp3) is 0.636. The van der Waals surface area contributed by atoms with E-state index in [1.165, 1.54) is 24.2 Å².